The molecule has 1 aromatic rings. The molecule has 2 atom stereocenters. The second-order valence-electron chi connectivity index (χ2n) is 7.16. The lowest BCUT2D eigenvalue weighted by atomic mass is 9.99. The van der Waals surface area contributed by atoms with Crippen molar-refractivity contribution in [2.75, 3.05) is 39.3 Å². The molecule has 0 saturated carbocycles. The zero-order valence-electron chi connectivity index (χ0n) is 15.8. The Labute approximate surface area is 152 Å². The van der Waals surface area contributed by atoms with Crippen LogP contribution in [0.2, 0.25) is 0 Å². The predicted molar refractivity (Wildman–Crippen MR) is 103 cm³/mol. The van der Waals surface area contributed by atoms with Gasteiger partial charge in [-0.15, -0.1) is 0 Å². The summed E-state index contributed by atoms with van der Waals surface area (Å²) in [6, 6.07) is 10.3. The van der Waals surface area contributed by atoms with Gasteiger partial charge in [-0.05, 0) is 24.4 Å². The van der Waals surface area contributed by atoms with E-state index >= 15 is 0 Å². The topological polar surface area (TPSA) is 61.6 Å². The number of nitrogens with two attached hydrogens (primary N) is 1. The first-order chi connectivity index (χ1) is 12.1. The molecule has 1 aliphatic rings. The summed E-state index contributed by atoms with van der Waals surface area (Å²) in [5.74, 6) is 0.222. The molecule has 0 spiro atoms. The number of nitrogens with one attached hydrogen (secondary N) is 1. The third-order valence-corrected chi connectivity index (χ3v) is 5.22. The summed E-state index contributed by atoms with van der Waals surface area (Å²) in [5.41, 5.74) is 7.33. The quantitative estimate of drug-likeness (QED) is 0.668. The summed E-state index contributed by atoms with van der Waals surface area (Å²) >= 11 is 0. The van der Waals surface area contributed by atoms with Crippen molar-refractivity contribution in [1.29, 1.82) is 0 Å². The van der Waals surface area contributed by atoms with E-state index in [0.29, 0.717) is 6.54 Å². The van der Waals surface area contributed by atoms with Gasteiger partial charge in [0.05, 0.1) is 6.04 Å². The third-order valence-electron chi connectivity index (χ3n) is 5.22. The summed E-state index contributed by atoms with van der Waals surface area (Å²) in [6.45, 7) is 11.3. The second kappa shape index (κ2) is 10.5. The summed E-state index contributed by atoms with van der Waals surface area (Å²) in [5, 5.41) is 2.98. The van der Waals surface area contributed by atoms with Crippen molar-refractivity contribution in [3.63, 3.8) is 0 Å². The maximum absolute atomic E-state index is 12.0. The van der Waals surface area contributed by atoms with Gasteiger partial charge >= 0.3 is 0 Å². The fourth-order valence-electron chi connectivity index (χ4n) is 3.16. The first kappa shape index (κ1) is 19.9. The maximum Gasteiger partial charge on any atom is 0.237 e. The van der Waals surface area contributed by atoms with E-state index in [-0.39, 0.29) is 17.9 Å². The van der Waals surface area contributed by atoms with Gasteiger partial charge in [0, 0.05) is 39.3 Å². The van der Waals surface area contributed by atoms with E-state index in [1.165, 1.54) is 5.56 Å². The molecule has 0 bridgehead atoms. The number of benzene rings is 1. The van der Waals surface area contributed by atoms with Crippen LogP contribution >= 0.6 is 0 Å². The molecular formula is C20H34N4O. The molecule has 1 aliphatic heterocycles. The van der Waals surface area contributed by atoms with Crippen molar-refractivity contribution >= 4 is 5.91 Å². The van der Waals surface area contributed by atoms with Gasteiger partial charge in [0.15, 0.2) is 0 Å². The lowest BCUT2D eigenvalue weighted by Gasteiger charge is -2.34. The molecule has 0 radical (unpaired) electrons. The van der Waals surface area contributed by atoms with Crippen molar-refractivity contribution in [1.82, 2.24) is 15.1 Å². The van der Waals surface area contributed by atoms with E-state index in [1.807, 2.05) is 6.92 Å². The highest BCUT2D eigenvalue weighted by Crippen LogP contribution is 2.09. The standard InChI is InChI=1S/C20H34N4O/c1-3-17(2)19(21)20(25)22-10-7-11-23-12-14-24(15-13-23)16-18-8-5-4-6-9-18/h4-6,8-9,17,19H,3,7,10-16,21H2,1-2H3,(H,22,25). The van der Waals surface area contributed by atoms with Gasteiger partial charge in [-0.3, -0.25) is 9.69 Å². The number of rotatable bonds is 9. The SMILES string of the molecule is CCC(C)C(N)C(=O)NCCCN1CCN(Cc2ccccc2)CC1. The molecule has 0 aromatic heterocycles. The van der Waals surface area contributed by atoms with E-state index in [4.69, 9.17) is 5.73 Å². The van der Waals surface area contributed by atoms with Crippen LogP contribution in [0.4, 0.5) is 0 Å². The van der Waals surface area contributed by atoms with E-state index in [0.717, 1.165) is 52.1 Å². The molecule has 1 heterocycles. The van der Waals surface area contributed by atoms with Gasteiger partial charge in [0.2, 0.25) is 5.91 Å². The third kappa shape index (κ3) is 6.77. The zero-order valence-corrected chi connectivity index (χ0v) is 15.8. The van der Waals surface area contributed by atoms with Crippen LogP contribution in [-0.2, 0) is 11.3 Å². The molecule has 5 heteroatoms. The fourth-order valence-corrected chi connectivity index (χ4v) is 3.16. The molecule has 2 unspecified atom stereocenters. The lowest BCUT2D eigenvalue weighted by molar-refractivity contribution is -0.123. The Bertz CT molecular complexity index is 500. The number of hydrogen-bond acceptors (Lipinski definition) is 4. The van der Waals surface area contributed by atoms with Crippen LogP contribution in [0, 0.1) is 5.92 Å². The van der Waals surface area contributed by atoms with Gasteiger partial charge in [0.25, 0.3) is 0 Å². The summed E-state index contributed by atoms with van der Waals surface area (Å²) < 4.78 is 0. The Morgan fingerprint density at radius 2 is 1.80 bits per heavy atom. The van der Waals surface area contributed by atoms with Crippen LogP contribution in [0.3, 0.4) is 0 Å². The number of amides is 1. The van der Waals surface area contributed by atoms with Gasteiger partial charge in [-0.2, -0.15) is 0 Å². The van der Waals surface area contributed by atoms with E-state index in [9.17, 15) is 4.79 Å². The Morgan fingerprint density at radius 1 is 1.16 bits per heavy atom. The van der Waals surface area contributed by atoms with Gasteiger partial charge in [-0.25, -0.2) is 0 Å². The molecule has 0 aliphatic carbocycles. The van der Waals surface area contributed by atoms with Crippen molar-refractivity contribution in [2.45, 2.75) is 39.3 Å². The van der Waals surface area contributed by atoms with Gasteiger partial charge < -0.3 is 16.0 Å². The average Bonchev–Trinajstić information content (AvgIpc) is 2.66. The maximum atomic E-state index is 12.0. The Hall–Kier alpha value is -1.43. The average molecular weight is 347 g/mol. The van der Waals surface area contributed by atoms with Crippen LogP contribution < -0.4 is 11.1 Å². The van der Waals surface area contributed by atoms with Crippen molar-refractivity contribution < 1.29 is 4.79 Å². The Morgan fingerprint density at radius 3 is 2.44 bits per heavy atom. The lowest BCUT2D eigenvalue weighted by Crippen LogP contribution is -2.47. The highest BCUT2D eigenvalue weighted by molar-refractivity contribution is 5.81. The number of piperazine rings is 1. The van der Waals surface area contributed by atoms with E-state index in [2.05, 4.69) is 52.4 Å². The van der Waals surface area contributed by atoms with Gasteiger partial charge in [-0.1, -0.05) is 50.6 Å². The van der Waals surface area contributed by atoms with Gasteiger partial charge in [0.1, 0.15) is 0 Å². The first-order valence-electron chi connectivity index (χ1n) is 9.62. The monoisotopic (exact) mass is 346 g/mol. The second-order valence-corrected chi connectivity index (χ2v) is 7.16. The molecule has 1 fully saturated rings. The molecule has 140 valence electrons. The molecule has 25 heavy (non-hydrogen) atoms. The normalized spacial score (nSPS) is 18.7. The van der Waals surface area contributed by atoms with E-state index < -0.39 is 0 Å². The van der Waals surface area contributed by atoms with Crippen molar-refractivity contribution in [3.8, 4) is 0 Å². The summed E-state index contributed by atoms with van der Waals surface area (Å²) in [4.78, 5) is 17.0. The first-order valence-corrected chi connectivity index (χ1v) is 9.62. The van der Waals surface area contributed by atoms with Crippen LogP contribution in [-0.4, -0.2) is 61.0 Å². The number of carbonyl (C=O) groups is 1. The fraction of sp³-hybridized carbons (Fsp3) is 0.650. The minimum Gasteiger partial charge on any atom is -0.355 e. The molecule has 1 aromatic carbocycles. The minimum atomic E-state index is -0.383. The molecule has 1 saturated heterocycles. The smallest absolute Gasteiger partial charge is 0.237 e. The highest BCUT2D eigenvalue weighted by atomic mass is 16.2. The van der Waals surface area contributed by atoms with Crippen LogP contribution in [0.1, 0.15) is 32.3 Å². The molecular weight excluding hydrogens is 312 g/mol. The van der Waals surface area contributed by atoms with Crippen LogP contribution in [0.25, 0.3) is 0 Å². The van der Waals surface area contributed by atoms with Crippen molar-refractivity contribution in [3.05, 3.63) is 35.9 Å². The summed E-state index contributed by atoms with van der Waals surface area (Å²) in [7, 11) is 0. The zero-order chi connectivity index (χ0) is 18.1. The minimum absolute atomic E-state index is 0.0120. The molecule has 2 rings (SSSR count). The van der Waals surface area contributed by atoms with Crippen LogP contribution in [0.15, 0.2) is 30.3 Å². The molecule has 5 nitrogen and oxygen atoms in total. The number of hydrogen-bond donors (Lipinski definition) is 2. The summed E-state index contributed by atoms with van der Waals surface area (Å²) in [6.07, 6.45) is 1.92. The molecule has 1 amide bonds. The van der Waals surface area contributed by atoms with E-state index in [1.54, 1.807) is 0 Å². The Balaban J connectivity index is 1.57. The largest absolute Gasteiger partial charge is 0.355 e. The highest BCUT2D eigenvalue weighted by Gasteiger charge is 2.19. The molecule has 3 N–H and O–H groups in total. The van der Waals surface area contributed by atoms with Crippen molar-refractivity contribution in [2.24, 2.45) is 11.7 Å². The Kier molecular flexibility index (Phi) is 8.38. The number of nitrogens with zero attached hydrogens (tertiary/aromatic N) is 2. The predicted octanol–water partition coefficient (Wildman–Crippen LogP) is 1.68. The van der Waals surface area contributed by atoms with Crippen LogP contribution in [0.5, 0.6) is 0 Å². The number of carbonyl (C=O) groups excluding carboxylic acids is 1.